The summed E-state index contributed by atoms with van der Waals surface area (Å²) in [6, 6.07) is 8.05. The van der Waals surface area contributed by atoms with E-state index in [2.05, 4.69) is 27.3 Å². The van der Waals surface area contributed by atoms with Crippen molar-refractivity contribution >= 4 is 15.9 Å². The molecule has 2 N–H and O–H groups in total. The van der Waals surface area contributed by atoms with Gasteiger partial charge in [0.15, 0.2) is 0 Å². The highest BCUT2D eigenvalue weighted by Gasteiger charge is 1.95. The summed E-state index contributed by atoms with van der Waals surface area (Å²) in [6.45, 7) is 5.62. The van der Waals surface area contributed by atoms with Crippen molar-refractivity contribution in [3.8, 4) is 0 Å². The molecule has 0 radical (unpaired) electrons. The van der Waals surface area contributed by atoms with Crippen LogP contribution < -0.4 is 5.32 Å². The Morgan fingerprint density at radius 2 is 1.93 bits per heavy atom. The Kier molecular flexibility index (Phi) is 8.94. The third-order valence-corrected chi connectivity index (χ3v) is 2.34. The molecule has 0 saturated heterocycles. The average Bonchev–Trinajstić information content (AvgIpc) is 2.24. The topological polar surface area (TPSA) is 32.3 Å². The van der Waals surface area contributed by atoms with Gasteiger partial charge in [0.05, 0.1) is 6.61 Å². The third kappa shape index (κ3) is 5.37. The van der Waals surface area contributed by atoms with Gasteiger partial charge >= 0.3 is 0 Å². The number of hydrogen-bond donors (Lipinski definition) is 2. The lowest BCUT2D eigenvalue weighted by Gasteiger charge is -2.04. The van der Waals surface area contributed by atoms with Crippen LogP contribution in [-0.2, 0) is 6.54 Å². The Morgan fingerprint density at radius 3 is 2.50 bits per heavy atom. The van der Waals surface area contributed by atoms with Crippen LogP contribution in [0.5, 0.6) is 0 Å². The molecule has 1 aromatic carbocycles. The van der Waals surface area contributed by atoms with Gasteiger partial charge in [-0.2, -0.15) is 0 Å². The van der Waals surface area contributed by atoms with Gasteiger partial charge < -0.3 is 10.4 Å². The molecular formula is C11H18BrNO. The highest BCUT2D eigenvalue weighted by atomic mass is 79.9. The molecule has 0 spiro atoms. The molecule has 80 valence electrons. The Morgan fingerprint density at radius 1 is 1.29 bits per heavy atom. The van der Waals surface area contributed by atoms with E-state index >= 15 is 0 Å². The van der Waals surface area contributed by atoms with Gasteiger partial charge in [-0.25, -0.2) is 0 Å². The van der Waals surface area contributed by atoms with Gasteiger partial charge in [0.25, 0.3) is 0 Å². The fourth-order valence-electron chi connectivity index (χ4n) is 0.944. The van der Waals surface area contributed by atoms with Crippen molar-refractivity contribution in [1.29, 1.82) is 0 Å². The lowest BCUT2D eigenvalue weighted by molar-refractivity contribution is 0.292. The van der Waals surface area contributed by atoms with E-state index in [1.165, 1.54) is 5.56 Å². The first-order valence-electron chi connectivity index (χ1n) is 4.89. The third-order valence-electron chi connectivity index (χ3n) is 1.56. The van der Waals surface area contributed by atoms with Crippen LogP contribution in [0, 0.1) is 0 Å². The van der Waals surface area contributed by atoms with Crippen molar-refractivity contribution < 1.29 is 5.11 Å². The lowest BCUT2D eigenvalue weighted by Crippen LogP contribution is -2.17. The van der Waals surface area contributed by atoms with Crippen LogP contribution in [0.25, 0.3) is 0 Å². The van der Waals surface area contributed by atoms with E-state index in [1.807, 2.05) is 32.0 Å². The van der Waals surface area contributed by atoms with Crippen LogP contribution in [0.4, 0.5) is 0 Å². The average molecular weight is 260 g/mol. The predicted octanol–water partition coefficient (Wildman–Crippen LogP) is 2.56. The first kappa shape index (κ1) is 13.6. The summed E-state index contributed by atoms with van der Waals surface area (Å²) in [5, 5.41) is 11.7. The minimum atomic E-state index is 0.185. The van der Waals surface area contributed by atoms with Gasteiger partial charge in [-0.3, -0.25) is 0 Å². The Balaban J connectivity index is 0.000000791. The molecule has 0 aromatic heterocycles. The molecule has 0 saturated carbocycles. The molecule has 0 aliphatic heterocycles. The monoisotopic (exact) mass is 259 g/mol. The summed E-state index contributed by atoms with van der Waals surface area (Å²) >= 11 is 3.45. The van der Waals surface area contributed by atoms with Crippen molar-refractivity contribution in [2.75, 3.05) is 13.2 Å². The molecule has 14 heavy (non-hydrogen) atoms. The van der Waals surface area contributed by atoms with Crippen LogP contribution in [-0.4, -0.2) is 18.3 Å². The van der Waals surface area contributed by atoms with Gasteiger partial charge in [-0.15, -0.1) is 0 Å². The first-order chi connectivity index (χ1) is 6.84. The predicted molar refractivity (Wildman–Crippen MR) is 64.3 cm³/mol. The van der Waals surface area contributed by atoms with Crippen molar-refractivity contribution in [2.45, 2.75) is 20.4 Å². The zero-order valence-electron chi connectivity index (χ0n) is 8.76. The SMILES string of the molecule is CC.OCCNCc1ccccc1Br. The number of rotatable bonds is 4. The second-order valence-electron chi connectivity index (χ2n) is 2.49. The quantitative estimate of drug-likeness (QED) is 0.815. The fourth-order valence-corrected chi connectivity index (χ4v) is 1.37. The Labute approximate surface area is 94.5 Å². The molecule has 0 aliphatic carbocycles. The zero-order chi connectivity index (χ0) is 10.8. The van der Waals surface area contributed by atoms with Crippen LogP contribution >= 0.6 is 15.9 Å². The molecule has 0 aliphatic rings. The van der Waals surface area contributed by atoms with E-state index in [0.29, 0.717) is 6.54 Å². The number of nitrogens with one attached hydrogen (secondary N) is 1. The Hall–Kier alpha value is -0.380. The number of benzene rings is 1. The molecule has 1 aromatic rings. The van der Waals surface area contributed by atoms with Crippen molar-refractivity contribution in [3.63, 3.8) is 0 Å². The molecule has 0 bridgehead atoms. The highest BCUT2D eigenvalue weighted by Crippen LogP contribution is 2.14. The van der Waals surface area contributed by atoms with Gasteiger partial charge in [-0.1, -0.05) is 48.0 Å². The van der Waals surface area contributed by atoms with Gasteiger partial charge in [0.2, 0.25) is 0 Å². The second-order valence-corrected chi connectivity index (χ2v) is 3.35. The van der Waals surface area contributed by atoms with Crippen LogP contribution in [0.15, 0.2) is 28.7 Å². The maximum absolute atomic E-state index is 8.54. The molecule has 3 heteroatoms. The molecule has 0 unspecified atom stereocenters. The minimum absolute atomic E-state index is 0.185. The summed E-state index contributed by atoms with van der Waals surface area (Å²) in [6.07, 6.45) is 0. The van der Waals surface area contributed by atoms with E-state index in [4.69, 9.17) is 5.11 Å². The number of halogens is 1. The second kappa shape index (κ2) is 9.19. The van der Waals surface area contributed by atoms with Crippen molar-refractivity contribution in [1.82, 2.24) is 5.32 Å². The molecule has 1 rings (SSSR count). The molecule has 2 nitrogen and oxygen atoms in total. The van der Waals surface area contributed by atoms with E-state index in [1.54, 1.807) is 0 Å². The maximum Gasteiger partial charge on any atom is 0.0556 e. The molecule has 0 heterocycles. The molecule has 0 atom stereocenters. The summed E-state index contributed by atoms with van der Waals surface area (Å²) in [7, 11) is 0. The number of aliphatic hydroxyl groups excluding tert-OH is 1. The number of aliphatic hydroxyl groups is 1. The zero-order valence-corrected chi connectivity index (χ0v) is 10.3. The smallest absolute Gasteiger partial charge is 0.0556 e. The van der Waals surface area contributed by atoms with Gasteiger partial charge in [-0.05, 0) is 11.6 Å². The normalized spacial score (nSPS) is 9.14. The highest BCUT2D eigenvalue weighted by molar-refractivity contribution is 9.10. The molecular weight excluding hydrogens is 242 g/mol. The summed E-state index contributed by atoms with van der Waals surface area (Å²) in [4.78, 5) is 0. The van der Waals surface area contributed by atoms with Crippen LogP contribution in [0.1, 0.15) is 19.4 Å². The lowest BCUT2D eigenvalue weighted by atomic mass is 10.2. The first-order valence-corrected chi connectivity index (χ1v) is 5.69. The van der Waals surface area contributed by atoms with E-state index in [-0.39, 0.29) is 6.61 Å². The Bertz CT molecular complexity index is 240. The maximum atomic E-state index is 8.54. The van der Waals surface area contributed by atoms with E-state index in [9.17, 15) is 0 Å². The molecule has 0 fully saturated rings. The van der Waals surface area contributed by atoms with Crippen LogP contribution in [0.3, 0.4) is 0 Å². The van der Waals surface area contributed by atoms with Gasteiger partial charge in [0.1, 0.15) is 0 Å². The summed E-state index contributed by atoms with van der Waals surface area (Å²) in [5.41, 5.74) is 1.21. The largest absolute Gasteiger partial charge is 0.395 e. The van der Waals surface area contributed by atoms with Crippen molar-refractivity contribution in [2.24, 2.45) is 0 Å². The number of hydrogen-bond acceptors (Lipinski definition) is 2. The summed E-state index contributed by atoms with van der Waals surface area (Å²) < 4.78 is 1.11. The summed E-state index contributed by atoms with van der Waals surface area (Å²) in [5.74, 6) is 0. The molecule has 0 amide bonds. The van der Waals surface area contributed by atoms with Crippen molar-refractivity contribution in [3.05, 3.63) is 34.3 Å². The minimum Gasteiger partial charge on any atom is -0.395 e. The van der Waals surface area contributed by atoms with E-state index < -0.39 is 0 Å². The van der Waals surface area contributed by atoms with Crippen LogP contribution in [0.2, 0.25) is 0 Å². The van der Waals surface area contributed by atoms with Gasteiger partial charge in [0, 0.05) is 17.6 Å². The fraction of sp³-hybridized carbons (Fsp3) is 0.455. The van der Waals surface area contributed by atoms with E-state index in [0.717, 1.165) is 11.0 Å². The standard InChI is InChI=1S/C9H12BrNO.C2H6/c10-9-4-2-1-3-8(9)7-11-5-6-12;1-2/h1-4,11-12H,5-7H2;1-2H3.